The van der Waals surface area contributed by atoms with Crippen LogP contribution in [0.4, 0.5) is 0 Å². The normalized spacial score (nSPS) is 26.3. The second-order valence-corrected chi connectivity index (χ2v) is 6.64. The van der Waals surface area contributed by atoms with Gasteiger partial charge in [0.1, 0.15) is 0 Å². The average Bonchev–Trinajstić information content (AvgIpc) is 2.90. The molecule has 0 aliphatic heterocycles. The van der Waals surface area contributed by atoms with E-state index in [1.807, 2.05) is 0 Å². The van der Waals surface area contributed by atoms with Gasteiger partial charge in [-0.2, -0.15) is 0 Å². The summed E-state index contributed by atoms with van der Waals surface area (Å²) in [5, 5.41) is 13.7. The number of hydrogen-bond donors (Lipinski definition) is 2. The third kappa shape index (κ3) is 4.55. The minimum atomic E-state index is -0.126. The number of hydrogen-bond acceptors (Lipinski definition) is 2. The summed E-state index contributed by atoms with van der Waals surface area (Å²) in [7, 11) is 0. The molecule has 2 aliphatic carbocycles. The molecule has 2 rings (SSSR count). The molecular weight excluding hydrogens is 222 g/mol. The van der Waals surface area contributed by atoms with E-state index >= 15 is 0 Å². The lowest BCUT2D eigenvalue weighted by Crippen LogP contribution is -2.39. The van der Waals surface area contributed by atoms with E-state index in [9.17, 15) is 5.11 Å². The summed E-state index contributed by atoms with van der Waals surface area (Å²) in [6, 6.07) is 0.587. The highest BCUT2D eigenvalue weighted by Crippen LogP contribution is 2.29. The van der Waals surface area contributed by atoms with Crippen molar-refractivity contribution in [3.63, 3.8) is 0 Å². The highest BCUT2D eigenvalue weighted by atomic mass is 16.3. The van der Waals surface area contributed by atoms with E-state index < -0.39 is 0 Å². The zero-order valence-corrected chi connectivity index (χ0v) is 12.0. The summed E-state index contributed by atoms with van der Waals surface area (Å²) in [6.07, 6.45) is 13.3. The molecule has 0 saturated heterocycles. The van der Waals surface area contributed by atoms with Gasteiger partial charge in [0, 0.05) is 12.6 Å². The van der Waals surface area contributed by atoms with Gasteiger partial charge in [-0.05, 0) is 38.0 Å². The van der Waals surface area contributed by atoms with E-state index in [0.29, 0.717) is 6.04 Å². The molecular formula is C16H31NO. The van der Waals surface area contributed by atoms with Gasteiger partial charge in [-0.1, -0.05) is 44.9 Å². The Bertz CT molecular complexity index is 219. The van der Waals surface area contributed by atoms with E-state index in [1.54, 1.807) is 0 Å². The Kier molecular flexibility index (Phi) is 5.97. The molecule has 2 fully saturated rings. The molecule has 0 aromatic rings. The van der Waals surface area contributed by atoms with Crippen LogP contribution >= 0.6 is 0 Å². The third-order valence-corrected chi connectivity index (χ3v) is 5.11. The van der Waals surface area contributed by atoms with Crippen LogP contribution in [0.25, 0.3) is 0 Å². The fraction of sp³-hybridized carbons (Fsp3) is 1.00. The third-order valence-electron chi connectivity index (χ3n) is 5.11. The van der Waals surface area contributed by atoms with Gasteiger partial charge in [0.25, 0.3) is 0 Å². The first-order chi connectivity index (χ1) is 8.75. The fourth-order valence-electron chi connectivity index (χ4n) is 3.84. The molecule has 2 N–H and O–H groups in total. The molecule has 2 nitrogen and oxygen atoms in total. The van der Waals surface area contributed by atoms with Gasteiger partial charge in [-0.15, -0.1) is 0 Å². The monoisotopic (exact) mass is 253 g/mol. The van der Waals surface area contributed by atoms with Crippen molar-refractivity contribution in [2.24, 2.45) is 11.8 Å². The number of aliphatic hydroxyl groups excluding tert-OH is 1. The molecule has 0 heterocycles. The van der Waals surface area contributed by atoms with Gasteiger partial charge < -0.3 is 10.4 Å². The second kappa shape index (κ2) is 7.49. The Labute approximate surface area is 113 Å². The van der Waals surface area contributed by atoms with Gasteiger partial charge in [0.15, 0.2) is 0 Å². The predicted octanol–water partition coefficient (Wildman–Crippen LogP) is 3.49. The summed E-state index contributed by atoms with van der Waals surface area (Å²) >= 11 is 0. The molecule has 1 unspecified atom stereocenters. The van der Waals surface area contributed by atoms with Crippen LogP contribution in [0.2, 0.25) is 0 Å². The summed E-state index contributed by atoms with van der Waals surface area (Å²) in [6.45, 7) is 3.10. The van der Waals surface area contributed by atoms with Crippen LogP contribution in [0.15, 0.2) is 0 Å². The Balaban J connectivity index is 1.60. The largest absolute Gasteiger partial charge is 0.392 e. The van der Waals surface area contributed by atoms with Crippen LogP contribution in [0.3, 0.4) is 0 Å². The van der Waals surface area contributed by atoms with Crippen molar-refractivity contribution in [2.75, 3.05) is 6.54 Å². The quantitative estimate of drug-likeness (QED) is 0.759. The zero-order chi connectivity index (χ0) is 12.8. The van der Waals surface area contributed by atoms with E-state index in [4.69, 9.17) is 0 Å². The van der Waals surface area contributed by atoms with Gasteiger partial charge in [-0.25, -0.2) is 0 Å². The topological polar surface area (TPSA) is 32.3 Å². The molecule has 18 heavy (non-hydrogen) atoms. The molecule has 0 spiro atoms. The standard InChI is InChI=1S/C16H31NO/c1-13(15-9-3-2-4-10-15)17-12-16(18)11-14-7-5-6-8-14/h13-18H,2-12H2,1H3/t13-,16?/m1/s1. The molecule has 0 amide bonds. The maximum atomic E-state index is 10.1. The highest BCUT2D eigenvalue weighted by Gasteiger charge is 2.22. The lowest BCUT2D eigenvalue weighted by Gasteiger charge is -2.29. The first-order valence-electron chi connectivity index (χ1n) is 8.17. The Morgan fingerprint density at radius 2 is 1.61 bits per heavy atom. The molecule has 0 radical (unpaired) electrons. The summed E-state index contributed by atoms with van der Waals surface area (Å²) in [4.78, 5) is 0. The Hall–Kier alpha value is -0.0800. The van der Waals surface area contributed by atoms with Gasteiger partial charge >= 0.3 is 0 Å². The smallest absolute Gasteiger partial charge is 0.0667 e. The van der Waals surface area contributed by atoms with Crippen molar-refractivity contribution < 1.29 is 5.11 Å². The number of nitrogens with one attached hydrogen (secondary N) is 1. The van der Waals surface area contributed by atoms with Gasteiger partial charge in [0.05, 0.1) is 6.10 Å². The molecule has 0 aromatic heterocycles. The first kappa shape index (κ1) is 14.3. The van der Waals surface area contributed by atoms with E-state index in [0.717, 1.165) is 24.8 Å². The first-order valence-corrected chi connectivity index (χ1v) is 8.17. The van der Waals surface area contributed by atoms with Crippen molar-refractivity contribution in [1.29, 1.82) is 0 Å². The molecule has 2 saturated carbocycles. The maximum Gasteiger partial charge on any atom is 0.0667 e. The Morgan fingerprint density at radius 1 is 1.00 bits per heavy atom. The lowest BCUT2D eigenvalue weighted by atomic mass is 9.84. The zero-order valence-electron chi connectivity index (χ0n) is 12.0. The SMILES string of the molecule is C[C@@H](NCC(O)CC1CCCC1)C1CCCCC1. The van der Waals surface area contributed by atoms with Crippen LogP contribution in [-0.2, 0) is 0 Å². The molecule has 2 aliphatic rings. The molecule has 106 valence electrons. The van der Waals surface area contributed by atoms with Gasteiger partial charge in [-0.3, -0.25) is 0 Å². The van der Waals surface area contributed by atoms with Crippen molar-refractivity contribution in [3.8, 4) is 0 Å². The van der Waals surface area contributed by atoms with E-state index in [2.05, 4.69) is 12.2 Å². The van der Waals surface area contributed by atoms with Crippen molar-refractivity contribution in [3.05, 3.63) is 0 Å². The summed E-state index contributed by atoms with van der Waals surface area (Å²) in [5.74, 6) is 1.64. The van der Waals surface area contributed by atoms with Crippen LogP contribution in [-0.4, -0.2) is 23.8 Å². The molecule has 0 aromatic carbocycles. The minimum Gasteiger partial charge on any atom is -0.392 e. The van der Waals surface area contributed by atoms with Crippen molar-refractivity contribution in [1.82, 2.24) is 5.32 Å². The number of rotatable bonds is 6. The summed E-state index contributed by atoms with van der Waals surface area (Å²) < 4.78 is 0. The molecule has 2 heteroatoms. The van der Waals surface area contributed by atoms with Crippen LogP contribution < -0.4 is 5.32 Å². The van der Waals surface area contributed by atoms with Crippen LogP contribution in [0.1, 0.15) is 71.1 Å². The maximum absolute atomic E-state index is 10.1. The molecule has 2 atom stereocenters. The van der Waals surface area contributed by atoms with E-state index in [-0.39, 0.29) is 6.10 Å². The Morgan fingerprint density at radius 3 is 2.28 bits per heavy atom. The average molecular weight is 253 g/mol. The minimum absolute atomic E-state index is 0.126. The lowest BCUT2D eigenvalue weighted by molar-refractivity contribution is 0.131. The predicted molar refractivity (Wildman–Crippen MR) is 76.6 cm³/mol. The number of aliphatic hydroxyl groups is 1. The second-order valence-electron chi connectivity index (χ2n) is 6.64. The fourth-order valence-corrected chi connectivity index (χ4v) is 3.84. The van der Waals surface area contributed by atoms with Gasteiger partial charge in [0.2, 0.25) is 0 Å². The van der Waals surface area contributed by atoms with Crippen LogP contribution in [0.5, 0.6) is 0 Å². The van der Waals surface area contributed by atoms with Crippen molar-refractivity contribution >= 4 is 0 Å². The van der Waals surface area contributed by atoms with E-state index in [1.165, 1.54) is 57.8 Å². The molecule has 0 bridgehead atoms. The van der Waals surface area contributed by atoms with Crippen molar-refractivity contribution in [2.45, 2.75) is 83.3 Å². The summed E-state index contributed by atoms with van der Waals surface area (Å²) in [5.41, 5.74) is 0. The highest BCUT2D eigenvalue weighted by molar-refractivity contribution is 4.78. The van der Waals surface area contributed by atoms with Crippen LogP contribution in [0, 0.1) is 11.8 Å².